The van der Waals surface area contributed by atoms with Crippen LogP contribution in [-0.2, 0) is 4.74 Å². The highest BCUT2D eigenvalue weighted by molar-refractivity contribution is 5.67. The van der Waals surface area contributed by atoms with Crippen LogP contribution in [0.3, 0.4) is 0 Å². The van der Waals surface area contributed by atoms with Gasteiger partial charge in [0.25, 0.3) is 0 Å². The van der Waals surface area contributed by atoms with Crippen LogP contribution >= 0.6 is 0 Å². The number of benzene rings is 1. The molecule has 2 N–H and O–H groups in total. The van der Waals surface area contributed by atoms with Gasteiger partial charge in [-0.15, -0.1) is 12.3 Å². The zero-order chi connectivity index (χ0) is 13.4. The fourth-order valence-corrected chi connectivity index (χ4v) is 1.64. The number of methoxy groups -OCH3 is 1. The molecule has 1 amide bonds. The summed E-state index contributed by atoms with van der Waals surface area (Å²) < 4.78 is 4.53. The van der Waals surface area contributed by atoms with Crippen molar-refractivity contribution in [2.24, 2.45) is 0 Å². The molecule has 0 heterocycles. The number of aliphatic hydroxyl groups excluding tert-OH is 1. The molecule has 1 rings (SSSR count). The molecule has 1 aromatic carbocycles. The molecular formula is C14H17NO3. The molecule has 0 aliphatic rings. The summed E-state index contributed by atoms with van der Waals surface area (Å²) >= 11 is 0. The number of carbonyl (C=O) groups excluding carboxylic acids is 1. The van der Waals surface area contributed by atoms with E-state index >= 15 is 0 Å². The molecule has 2 unspecified atom stereocenters. The molecule has 0 radical (unpaired) electrons. The molecule has 0 aliphatic carbocycles. The Morgan fingerprint density at radius 1 is 1.50 bits per heavy atom. The number of hydrogen-bond acceptors (Lipinski definition) is 3. The van der Waals surface area contributed by atoms with E-state index < -0.39 is 18.2 Å². The van der Waals surface area contributed by atoms with Gasteiger partial charge >= 0.3 is 6.09 Å². The molecule has 96 valence electrons. The number of terminal acetylenes is 1. The number of nitrogens with one attached hydrogen (secondary N) is 1. The van der Waals surface area contributed by atoms with Crippen LogP contribution in [0, 0.1) is 12.3 Å². The highest BCUT2D eigenvalue weighted by Crippen LogP contribution is 2.19. The molecule has 4 heteroatoms. The zero-order valence-corrected chi connectivity index (χ0v) is 10.3. The minimum absolute atomic E-state index is 0.462. The molecule has 0 aliphatic heterocycles. The lowest BCUT2D eigenvalue weighted by atomic mass is 9.99. The molecule has 0 fully saturated rings. The number of amides is 1. The van der Waals surface area contributed by atoms with E-state index in [0.717, 1.165) is 5.56 Å². The molecule has 0 bridgehead atoms. The van der Waals surface area contributed by atoms with Gasteiger partial charge in [0.2, 0.25) is 0 Å². The third-order valence-electron chi connectivity index (χ3n) is 2.61. The highest BCUT2D eigenvalue weighted by atomic mass is 16.5. The van der Waals surface area contributed by atoms with Gasteiger partial charge in [-0.1, -0.05) is 30.3 Å². The van der Waals surface area contributed by atoms with Crippen molar-refractivity contribution in [2.75, 3.05) is 7.11 Å². The Balaban J connectivity index is 2.75. The first-order chi connectivity index (χ1) is 8.69. The number of rotatable bonds is 5. The summed E-state index contributed by atoms with van der Waals surface area (Å²) in [5, 5.41) is 12.8. The fourth-order valence-electron chi connectivity index (χ4n) is 1.64. The van der Waals surface area contributed by atoms with E-state index in [1.165, 1.54) is 7.11 Å². The van der Waals surface area contributed by atoms with Gasteiger partial charge in [0.1, 0.15) is 0 Å². The monoisotopic (exact) mass is 247 g/mol. The predicted molar refractivity (Wildman–Crippen MR) is 68.8 cm³/mol. The van der Waals surface area contributed by atoms with Crippen molar-refractivity contribution in [1.29, 1.82) is 0 Å². The Morgan fingerprint density at radius 3 is 2.72 bits per heavy atom. The van der Waals surface area contributed by atoms with Gasteiger partial charge < -0.3 is 15.2 Å². The second-order valence-electron chi connectivity index (χ2n) is 3.84. The third kappa shape index (κ3) is 4.11. The van der Waals surface area contributed by atoms with E-state index in [1.807, 2.05) is 18.2 Å². The number of aliphatic hydroxyl groups is 1. The van der Waals surface area contributed by atoms with E-state index in [-0.39, 0.29) is 0 Å². The Hall–Kier alpha value is -1.99. The summed E-state index contributed by atoms with van der Waals surface area (Å²) in [7, 11) is 1.28. The largest absolute Gasteiger partial charge is 0.453 e. The zero-order valence-electron chi connectivity index (χ0n) is 10.3. The highest BCUT2D eigenvalue weighted by Gasteiger charge is 2.22. The summed E-state index contributed by atoms with van der Waals surface area (Å²) in [6, 6.07) is 8.65. The molecule has 18 heavy (non-hydrogen) atoms. The topological polar surface area (TPSA) is 58.6 Å². The molecule has 2 atom stereocenters. The lowest BCUT2D eigenvalue weighted by molar-refractivity contribution is 0.111. The van der Waals surface area contributed by atoms with Crippen LogP contribution in [0.5, 0.6) is 0 Å². The van der Waals surface area contributed by atoms with Gasteiger partial charge in [0.05, 0.1) is 19.3 Å². The van der Waals surface area contributed by atoms with Crippen LogP contribution in [0.1, 0.15) is 24.5 Å². The minimum atomic E-state index is -0.807. The SMILES string of the molecule is C#CCCC(NC(=O)OC)C(O)c1ccccc1. The second kappa shape index (κ2) is 7.36. The number of hydrogen-bond donors (Lipinski definition) is 2. The molecule has 0 saturated carbocycles. The van der Waals surface area contributed by atoms with Crippen LogP contribution in [-0.4, -0.2) is 24.4 Å². The van der Waals surface area contributed by atoms with Crippen LogP contribution in [0.2, 0.25) is 0 Å². The summed E-state index contributed by atoms with van der Waals surface area (Å²) in [6.45, 7) is 0. The lowest BCUT2D eigenvalue weighted by Crippen LogP contribution is -2.39. The fraction of sp³-hybridized carbons (Fsp3) is 0.357. The molecule has 0 aromatic heterocycles. The van der Waals surface area contributed by atoms with Gasteiger partial charge in [-0.3, -0.25) is 0 Å². The van der Waals surface area contributed by atoms with E-state index in [0.29, 0.717) is 12.8 Å². The normalized spacial score (nSPS) is 13.2. The van der Waals surface area contributed by atoms with Crippen molar-refractivity contribution in [2.45, 2.75) is 25.0 Å². The van der Waals surface area contributed by atoms with Gasteiger partial charge in [-0.2, -0.15) is 0 Å². The molecule has 0 spiro atoms. The minimum Gasteiger partial charge on any atom is -0.453 e. The first-order valence-electron chi connectivity index (χ1n) is 5.70. The molecule has 4 nitrogen and oxygen atoms in total. The van der Waals surface area contributed by atoms with Gasteiger partial charge in [-0.05, 0) is 12.0 Å². The molecule has 0 saturated heterocycles. The average molecular weight is 247 g/mol. The summed E-state index contributed by atoms with van der Waals surface area (Å²) in [4.78, 5) is 11.2. The van der Waals surface area contributed by atoms with Crippen LogP contribution < -0.4 is 5.32 Å². The number of carbonyl (C=O) groups is 1. The van der Waals surface area contributed by atoms with E-state index in [2.05, 4.69) is 16.0 Å². The van der Waals surface area contributed by atoms with Crippen molar-refractivity contribution >= 4 is 6.09 Å². The van der Waals surface area contributed by atoms with Crippen LogP contribution in [0.15, 0.2) is 30.3 Å². The second-order valence-corrected chi connectivity index (χ2v) is 3.84. The smallest absolute Gasteiger partial charge is 0.407 e. The quantitative estimate of drug-likeness (QED) is 0.781. The van der Waals surface area contributed by atoms with Crippen molar-refractivity contribution in [3.05, 3.63) is 35.9 Å². The van der Waals surface area contributed by atoms with Gasteiger partial charge in [-0.25, -0.2) is 4.79 Å². The predicted octanol–water partition coefficient (Wildman–Crippen LogP) is 1.86. The Morgan fingerprint density at radius 2 is 2.17 bits per heavy atom. The van der Waals surface area contributed by atoms with Crippen molar-refractivity contribution in [3.63, 3.8) is 0 Å². The number of ether oxygens (including phenoxy) is 1. The molecular weight excluding hydrogens is 230 g/mol. The first-order valence-corrected chi connectivity index (χ1v) is 5.70. The van der Waals surface area contributed by atoms with Crippen LogP contribution in [0.4, 0.5) is 4.79 Å². The van der Waals surface area contributed by atoms with Gasteiger partial charge in [0.15, 0.2) is 0 Å². The lowest BCUT2D eigenvalue weighted by Gasteiger charge is -2.23. The van der Waals surface area contributed by atoms with Crippen molar-refractivity contribution in [3.8, 4) is 12.3 Å². The Kier molecular flexibility index (Phi) is 5.75. The Bertz CT molecular complexity index is 411. The standard InChI is InChI=1S/C14H17NO3/c1-3-4-10-12(15-14(17)18-2)13(16)11-8-6-5-7-9-11/h1,5-9,12-13,16H,4,10H2,2H3,(H,15,17). The summed E-state index contributed by atoms with van der Waals surface area (Å²) in [5.41, 5.74) is 0.732. The maximum Gasteiger partial charge on any atom is 0.407 e. The maximum absolute atomic E-state index is 11.2. The summed E-state index contributed by atoms with van der Waals surface area (Å²) in [6.07, 6.45) is 4.78. The maximum atomic E-state index is 11.2. The van der Waals surface area contributed by atoms with E-state index in [1.54, 1.807) is 12.1 Å². The van der Waals surface area contributed by atoms with Crippen molar-refractivity contribution < 1.29 is 14.6 Å². The summed E-state index contributed by atoms with van der Waals surface area (Å²) in [5.74, 6) is 2.49. The third-order valence-corrected chi connectivity index (χ3v) is 2.61. The van der Waals surface area contributed by atoms with Crippen LogP contribution in [0.25, 0.3) is 0 Å². The van der Waals surface area contributed by atoms with E-state index in [9.17, 15) is 9.90 Å². The number of alkyl carbamates (subject to hydrolysis) is 1. The first kappa shape index (κ1) is 14.1. The Labute approximate surface area is 107 Å². The van der Waals surface area contributed by atoms with Crippen molar-refractivity contribution in [1.82, 2.24) is 5.32 Å². The average Bonchev–Trinajstić information content (AvgIpc) is 2.43. The molecule has 1 aromatic rings. The van der Waals surface area contributed by atoms with Gasteiger partial charge in [0, 0.05) is 6.42 Å². The van der Waals surface area contributed by atoms with E-state index in [4.69, 9.17) is 6.42 Å².